The average molecular weight is 397 g/mol. The van der Waals surface area contributed by atoms with Crippen molar-refractivity contribution in [3.05, 3.63) is 77.5 Å². The zero-order valence-corrected chi connectivity index (χ0v) is 17.7. The lowest BCUT2D eigenvalue weighted by molar-refractivity contribution is 0.415. The lowest BCUT2D eigenvalue weighted by Crippen LogP contribution is -1.81. The summed E-state index contributed by atoms with van der Waals surface area (Å²) in [4.78, 5) is 8.07. The predicted molar refractivity (Wildman–Crippen MR) is 129 cm³/mol. The number of allylic oxidation sites excluding steroid dienone is 1. The monoisotopic (exact) mass is 396 g/mol. The van der Waals surface area contributed by atoms with E-state index in [1.54, 1.807) is 7.11 Å². The third-order valence-electron chi connectivity index (χ3n) is 5.36. The highest BCUT2D eigenvalue weighted by atomic mass is 16.5. The topological polar surface area (TPSA) is 37.9 Å². The first-order valence-corrected chi connectivity index (χ1v) is 10.7. The number of aromatic amines is 1. The van der Waals surface area contributed by atoms with Crippen molar-refractivity contribution in [2.75, 3.05) is 7.11 Å². The molecule has 2 aromatic carbocycles. The number of fused-ring (bicyclic) bond motifs is 3. The van der Waals surface area contributed by atoms with Crippen molar-refractivity contribution in [1.29, 1.82) is 0 Å². The van der Waals surface area contributed by atoms with Gasteiger partial charge in [-0.25, -0.2) is 4.98 Å². The van der Waals surface area contributed by atoms with Crippen molar-refractivity contribution in [3.8, 4) is 5.75 Å². The quantitative estimate of drug-likeness (QED) is 0.247. The highest BCUT2D eigenvalue weighted by molar-refractivity contribution is 6.07. The zero-order valence-electron chi connectivity index (χ0n) is 17.7. The Morgan fingerprint density at radius 1 is 0.867 bits per heavy atom. The molecule has 3 heteroatoms. The predicted octanol–water partition coefficient (Wildman–Crippen LogP) is 7.49. The third-order valence-corrected chi connectivity index (χ3v) is 5.36. The minimum Gasteiger partial charge on any atom is -0.497 e. The van der Waals surface area contributed by atoms with Crippen LogP contribution in [0.25, 0.3) is 40.2 Å². The maximum atomic E-state index is 5.23. The van der Waals surface area contributed by atoms with Crippen molar-refractivity contribution in [1.82, 2.24) is 9.97 Å². The Labute approximate surface area is 178 Å². The van der Waals surface area contributed by atoms with Gasteiger partial charge in [-0.2, -0.15) is 0 Å². The second-order valence-corrected chi connectivity index (χ2v) is 7.60. The Kier molecular flexibility index (Phi) is 6.29. The lowest BCUT2D eigenvalue weighted by Gasteiger charge is -2.00. The normalized spacial score (nSPS) is 11.9. The summed E-state index contributed by atoms with van der Waals surface area (Å²) in [5.74, 6) is 0.870. The maximum absolute atomic E-state index is 5.23. The van der Waals surface area contributed by atoms with Crippen molar-refractivity contribution in [2.24, 2.45) is 0 Å². The van der Waals surface area contributed by atoms with E-state index in [-0.39, 0.29) is 0 Å². The fourth-order valence-electron chi connectivity index (χ4n) is 3.64. The first-order chi connectivity index (χ1) is 14.8. The number of pyridine rings is 1. The number of H-pyrrole nitrogens is 1. The summed E-state index contributed by atoms with van der Waals surface area (Å²) in [6.07, 6.45) is 15.6. The Morgan fingerprint density at radius 3 is 2.43 bits per heavy atom. The summed E-state index contributed by atoms with van der Waals surface area (Å²) >= 11 is 0. The molecule has 0 fully saturated rings. The number of benzene rings is 2. The molecule has 2 heterocycles. The molecule has 0 radical (unpaired) electrons. The lowest BCUT2D eigenvalue weighted by atomic mass is 10.1. The third kappa shape index (κ3) is 4.62. The number of rotatable bonds is 8. The van der Waals surface area contributed by atoms with Gasteiger partial charge in [0.2, 0.25) is 0 Å². The molecule has 0 bridgehead atoms. The Hall–Kier alpha value is -3.33. The minimum absolute atomic E-state index is 0.870. The van der Waals surface area contributed by atoms with Crippen LogP contribution >= 0.6 is 0 Å². The highest BCUT2D eigenvalue weighted by Gasteiger charge is 2.06. The molecule has 0 unspecified atom stereocenters. The summed E-state index contributed by atoms with van der Waals surface area (Å²) in [5, 5.41) is 2.37. The van der Waals surface area contributed by atoms with Crippen LogP contribution in [0.15, 0.2) is 60.8 Å². The molecular formula is C27H28N2O. The van der Waals surface area contributed by atoms with E-state index in [4.69, 9.17) is 4.74 Å². The molecule has 0 aliphatic rings. The van der Waals surface area contributed by atoms with E-state index in [0.717, 1.165) is 34.5 Å². The van der Waals surface area contributed by atoms with Gasteiger partial charge in [-0.05, 0) is 59.9 Å². The van der Waals surface area contributed by atoms with Crippen molar-refractivity contribution >= 4 is 40.2 Å². The van der Waals surface area contributed by atoms with Crippen LogP contribution in [-0.4, -0.2) is 17.1 Å². The number of nitrogens with one attached hydrogen (secondary N) is 1. The molecule has 4 rings (SSSR count). The Balaban J connectivity index is 1.59. The molecule has 4 aromatic rings. The van der Waals surface area contributed by atoms with Crippen LogP contribution in [0.1, 0.15) is 49.3 Å². The average Bonchev–Trinajstić information content (AvgIpc) is 3.15. The smallest absolute Gasteiger partial charge is 0.138 e. The van der Waals surface area contributed by atoms with Gasteiger partial charge < -0.3 is 9.72 Å². The summed E-state index contributed by atoms with van der Waals surface area (Å²) in [7, 11) is 1.68. The van der Waals surface area contributed by atoms with E-state index < -0.39 is 0 Å². The van der Waals surface area contributed by atoms with Gasteiger partial charge in [0, 0.05) is 22.5 Å². The van der Waals surface area contributed by atoms with Crippen molar-refractivity contribution in [2.45, 2.75) is 32.6 Å². The van der Waals surface area contributed by atoms with Gasteiger partial charge in [-0.1, -0.05) is 62.3 Å². The van der Waals surface area contributed by atoms with Crippen molar-refractivity contribution < 1.29 is 4.74 Å². The number of nitrogens with zero attached hydrogens (tertiary/aromatic N) is 1. The van der Waals surface area contributed by atoms with Crippen LogP contribution in [0.2, 0.25) is 0 Å². The zero-order chi connectivity index (χ0) is 20.8. The highest BCUT2D eigenvalue weighted by Crippen LogP contribution is 2.27. The van der Waals surface area contributed by atoms with E-state index >= 15 is 0 Å². The van der Waals surface area contributed by atoms with E-state index in [0.29, 0.717) is 0 Å². The number of methoxy groups -OCH3 is 1. The molecule has 0 saturated heterocycles. The van der Waals surface area contributed by atoms with E-state index in [2.05, 4.69) is 77.6 Å². The second-order valence-electron chi connectivity index (χ2n) is 7.60. The van der Waals surface area contributed by atoms with Crippen LogP contribution in [0.4, 0.5) is 0 Å². The molecule has 0 amide bonds. The number of unbranched alkanes of at least 4 members (excludes halogenated alkanes) is 3. The molecule has 0 saturated carbocycles. The van der Waals surface area contributed by atoms with Gasteiger partial charge in [0.15, 0.2) is 0 Å². The SMILES string of the molecule is CCCCC/C=C/c1cnc2[nH]c3ccc(/C=C/c4ccc(OC)cc4)cc3c2c1. The molecule has 0 atom stereocenters. The Morgan fingerprint density at radius 2 is 1.63 bits per heavy atom. The maximum Gasteiger partial charge on any atom is 0.138 e. The van der Waals surface area contributed by atoms with E-state index in [9.17, 15) is 0 Å². The second kappa shape index (κ2) is 9.45. The number of hydrogen-bond acceptors (Lipinski definition) is 2. The van der Waals surface area contributed by atoms with Gasteiger partial charge in [0.25, 0.3) is 0 Å². The standard InChI is InChI=1S/C27H28N2O/c1-3-4-5-6-7-8-22-18-25-24-17-21(13-16-26(24)29-27(25)28-19-22)10-9-20-11-14-23(30-2)15-12-20/h7-19H,3-6H2,1-2H3,(H,28,29)/b8-7+,10-9+. The first kappa shape index (κ1) is 20.0. The molecule has 3 nitrogen and oxygen atoms in total. The van der Waals surface area contributed by atoms with Crippen molar-refractivity contribution in [3.63, 3.8) is 0 Å². The summed E-state index contributed by atoms with van der Waals surface area (Å²) in [6, 6.07) is 16.8. The molecule has 30 heavy (non-hydrogen) atoms. The van der Waals surface area contributed by atoms with Crippen LogP contribution in [0.5, 0.6) is 5.75 Å². The summed E-state index contributed by atoms with van der Waals surface area (Å²) < 4.78 is 5.23. The fourth-order valence-corrected chi connectivity index (χ4v) is 3.64. The molecule has 0 aliphatic heterocycles. The van der Waals surface area contributed by atoms with E-state index in [1.165, 1.54) is 35.6 Å². The molecule has 0 spiro atoms. The van der Waals surface area contributed by atoms with Crippen LogP contribution in [-0.2, 0) is 0 Å². The Bertz CT molecular complexity index is 1180. The minimum atomic E-state index is 0.870. The largest absolute Gasteiger partial charge is 0.497 e. The van der Waals surface area contributed by atoms with Gasteiger partial charge in [-0.15, -0.1) is 0 Å². The van der Waals surface area contributed by atoms with E-state index in [1.807, 2.05) is 18.3 Å². The van der Waals surface area contributed by atoms with Gasteiger partial charge in [0.05, 0.1) is 7.11 Å². The van der Waals surface area contributed by atoms with Gasteiger partial charge in [0.1, 0.15) is 11.4 Å². The molecule has 2 aromatic heterocycles. The first-order valence-electron chi connectivity index (χ1n) is 10.7. The van der Waals surface area contributed by atoms with Crippen LogP contribution in [0.3, 0.4) is 0 Å². The summed E-state index contributed by atoms with van der Waals surface area (Å²) in [6.45, 7) is 2.24. The molecule has 152 valence electrons. The van der Waals surface area contributed by atoms with Gasteiger partial charge >= 0.3 is 0 Å². The summed E-state index contributed by atoms with van der Waals surface area (Å²) in [5.41, 5.74) is 5.51. The number of hydrogen-bond donors (Lipinski definition) is 1. The fraction of sp³-hybridized carbons (Fsp3) is 0.222. The molecule has 0 aliphatic carbocycles. The van der Waals surface area contributed by atoms with Gasteiger partial charge in [-0.3, -0.25) is 0 Å². The molecule has 1 N–H and O–H groups in total. The number of aromatic nitrogens is 2. The van der Waals surface area contributed by atoms with Crippen LogP contribution < -0.4 is 4.74 Å². The van der Waals surface area contributed by atoms with Crippen LogP contribution in [0, 0.1) is 0 Å². The molecular weight excluding hydrogens is 368 g/mol. The number of ether oxygens (including phenoxy) is 1.